The van der Waals surface area contributed by atoms with Gasteiger partial charge < -0.3 is 14.3 Å². The number of aromatic nitrogens is 2. The normalized spacial score (nSPS) is 13.9. The second-order valence-electron chi connectivity index (χ2n) is 4.66. The molecule has 2 heterocycles. The van der Waals surface area contributed by atoms with Crippen molar-refractivity contribution >= 4 is 17.5 Å². The fourth-order valence-electron chi connectivity index (χ4n) is 1.87. The predicted octanol–water partition coefficient (Wildman–Crippen LogP) is 2.98. The second kappa shape index (κ2) is 6.61. The number of imidazole rings is 1. The van der Waals surface area contributed by atoms with Gasteiger partial charge in [0.1, 0.15) is 5.76 Å². The van der Waals surface area contributed by atoms with Crippen molar-refractivity contribution in [3.8, 4) is 0 Å². The number of hydrogen-bond donors (Lipinski definition) is 1. The van der Waals surface area contributed by atoms with Gasteiger partial charge in [-0.3, -0.25) is 4.79 Å². The van der Waals surface area contributed by atoms with E-state index in [0.29, 0.717) is 12.3 Å². The van der Waals surface area contributed by atoms with Gasteiger partial charge in [0.25, 0.3) is 5.91 Å². The monoisotopic (exact) mass is 295 g/mol. The quantitative estimate of drug-likeness (QED) is 0.834. The van der Waals surface area contributed by atoms with E-state index in [9.17, 15) is 4.79 Å². The summed E-state index contributed by atoms with van der Waals surface area (Å²) in [6.45, 7) is 4.51. The molecular weight excluding hydrogens is 278 g/mol. The van der Waals surface area contributed by atoms with Gasteiger partial charge >= 0.3 is 0 Å². The van der Waals surface area contributed by atoms with Gasteiger partial charge in [-0.15, -0.1) is 11.6 Å². The van der Waals surface area contributed by atoms with Gasteiger partial charge in [0.05, 0.1) is 11.7 Å². The molecule has 2 aromatic rings. The van der Waals surface area contributed by atoms with Crippen molar-refractivity contribution in [2.24, 2.45) is 0 Å². The van der Waals surface area contributed by atoms with Crippen molar-refractivity contribution in [2.75, 3.05) is 0 Å². The average molecular weight is 296 g/mol. The molecule has 1 N–H and O–H groups in total. The maximum Gasteiger partial charge on any atom is 0.287 e. The maximum absolute atomic E-state index is 12.1. The second-order valence-corrected chi connectivity index (χ2v) is 5.31. The lowest BCUT2D eigenvalue weighted by Crippen LogP contribution is -2.37. The zero-order chi connectivity index (χ0) is 14.5. The number of nitrogens with zero attached hydrogens (tertiary/aromatic N) is 2. The van der Waals surface area contributed by atoms with Crippen LogP contribution in [-0.4, -0.2) is 21.5 Å². The molecule has 0 saturated carbocycles. The van der Waals surface area contributed by atoms with Crippen molar-refractivity contribution in [1.82, 2.24) is 14.9 Å². The predicted molar refractivity (Wildman–Crippen MR) is 76.7 cm³/mol. The van der Waals surface area contributed by atoms with E-state index in [2.05, 4.69) is 10.3 Å². The third-order valence-corrected chi connectivity index (χ3v) is 3.28. The van der Waals surface area contributed by atoms with Crippen LogP contribution in [0.2, 0.25) is 0 Å². The average Bonchev–Trinajstić information content (AvgIpc) is 3.08. The van der Waals surface area contributed by atoms with Crippen molar-refractivity contribution in [2.45, 2.75) is 38.2 Å². The molecular formula is C14H18ClN3O2. The molecule has 2 atom stereocenters. The lowest BCUT2D eigenvalue weighted by Gasteiger charge is -2.16. The summed E-state index contributed by atoms with van der Waals surface area (Å²) >= 11 is 5.91. The summed E-state index contributed by atoms with van der Waals surface area (Å²) in [6, 6.07) is 3.40. The fraction of sp³-hybridized carbons (Fsp3) is 0.429. The number of halogens is 1. The SMILES string of the molecule is CCC(Cn1ccnc1)NC(=O)c1ccc(C(C)Cl)o1. The van der Waals surface area contributed by atoms with Gasteiger partial charge in [0.2, 0.25) is 0 Å². The van der Waals surface area contributed by atoms with Crippen LogP contribution in [0, 0.1) is 0 Å². The first-order valence-corrected chi connectivity index (χ1v) is 7.04. The highest BCUT2D eigenvalue weighted by atomic mass is 35.5. The molecule has 0 aliphatic carbocycles. The summed E-state index contributed by atoms with van der Waals surface area (Å²) in [6.07, 6.45) is 6.14. The van der Waals surface area contributed by atoms with E-state index < -0.39 is 0 Å². The summed E-state index contributed by atoms with van der Waals surface area (Å²) < 4.78 is 7.36. The topological polar surface area (TPSA) is 60.1 Å². The zero-order valence-electron chi connectivity index (χ0n) is 11.5. The number of hydrogen-bond acceptors (Lipinski definition) is 3. The minimum atomic E-state index is -0.246. The third-order valence-electron chi connectivity index (χ3n) is 3.06. The summed E-state index contributed by atoms with van der Waals surface area (Å²) in [4.78, 5) is 16.1. The maximum atomic E-state index is 12.1. The Hall–Kier alpha value is -1.75. The molecule has 0 fully saturated rings. The van der Waals surface area contributed by atoms with Gasteiger partial charge in [0, 0.05) is 25.0 Å². The van der Waals surface area contributed by atoms with Crippen LogP contribution in [0.5, 0.6) is 0 Å². The molecule has 20 heavy (non-hydrogen) atoms. The Morgan fingerprint density at radius 3 is 2.90 bits per heavy atom. The molecule has 2 aromatic heterocycles. The van der Waals surface area contributed by atoms with Crippen molar-refractivity contribution in [1.29, 1.82) is 0 Å². The van der Waals surface area contributed by atoms with Crippen molar-refractivity contribution in [3.63, 3.8) is 0 Å². The van der Waals surface area contributed by atoms with Crippen LogP contribution in [0.4, 0.5) is 0 Å². The number of amides is 1. The van der Waals surface area contributed by atoms with E-state index in [0.717, 1.165) is 6.42 Å². The third kappa shape index (κ3) is 3.63. The smallest absolute Gasteiger partial charge is 0.287 e. The number of nitrogens with one attached hydrogen (secondary N) is 1. The molecule has 0 aliphatic rings. The summed E-state index contributed by atoms with van der Waals surface area (Å²) in [5, 5.41) is 2.70. The Morgan fingerprint density at radius 2 is 2.35 bits per heavy atom. The number of carbonyl (C=O) groups is 1. The van der Waals surface area contributed by atoms with Crippen LogP contribution < -0.4 is 5.32 Å². The molecule has 0 bridgehead atoms. The number of furan rings is 1. The van der Waals surface area contributed by atoms with E-state index in [1.54, 1.807) is 31.6 Å². The van der Waals surface area contributed by atoms with Gasteiger partial charge in [0.15, 0.2) is 5.76 Å². The van der Waals surface area contributed by atoms with E-state index in [1.807, 2.05) is 17.7 Å². The lowest BCUT2D eigenvalue weighted by atomic mass is 10.2. The van der Waals surface area contributed by atoms with Gasteiger partial charge in [-0.2, -0.15) is 0 Å². The molecule has 0 aliphatic heterocycles. The van der Waals surface area contributed by atoms with Gasteiger partial charge in [-0.05, 0) is 25.5 Å². The van der Waals surface area contributed by atoms with E-state index in [1.165, 1.54) is 0 Å². The summed E-state index contributed by atoms with van der Waals surface area (Å²) in [5.41, 5.74) is 0. The fourth-order valence-corrected chi connectivity index (χ4v) is 1.99. The molecule has 0 aromatic carbocycles. The highest BCUT2D eigenvalue weighted by molar-refractivity contribution is 6.20. The largest absolute Gasteiger partial charge is 0.454 e. The first-order chi connectivity index (χ1) is 9.60. The number of alkyl halides is 1. The van der Waals surface area contributed by atoms with Crippen molar-refractivity contribution < 1.29 is 9.21 Å². The lowest BCUT2D eigenvalue weighted by molar-refractivity contribution is 0.0902. The summed E-state index contributed by atoms with van der Waals surface area (Å²) in [7, 11) is 0. The molecule has 1 amide bonds. The van der Waals surface area contributed by atoms with Crippen LogP contribution in [-0.2, 0) is 6.54 Å². The molecule has 6 heteroatoms. The molecule has 0 spiro atoms. The molecule has 2 rings (SSSR count). The summed E-state index contributed by atoms with van der Waals surface area (Å²) in [5.74, 6) is 0.664. The molecule has 108 valence electrons. The molecule has 5 nitrogen and oxygen atoms in total. The molecule has 0 saturated heterocycles. The van der Waals surface area contributed by atoms with Crippen LogP contribution in [0.3, 0.4) is 0 Å². The number of carbonyl (C=O) groups excluding carboxylic acids is 1. The zero-order valence-corrected chi connectivity index (χ0v) is 12.3. The Balaban J connectivity index is 1.97. The van der Waals surface area contributed by atoms with Crippen LogP contribution in [0.15, 0.2) is 35.3 Å². The van der Waals surface area contributed by atoms with Crippen LogP contribution in [0.25, 0.3) is 0 Å². The van der Waals surface area contributed by atoms with Crippen molar-refractivity contribution in [3.05, 3.63) is 42.4 Å². The highest BCUT2D eigenvalue weighted by Crippen LogP contribution is 2.21. The van der Waals surface area contributed by atoms with Crippen LogP contribution in [0.1, 0.15) is 42.0 Å². The Kier molecular flexibility index (Phi) is 4.84. The van der Waals surface area contributed by atoms with Gasteiger partial charge in [-0.1, -0.05) is 6.92 Å². The van der Waals surface area contributed by atoms with E-state index in [-0.39, 0.29) is 23.1 Å². The number of rotatable bonds is 6. The molecule has 0 radical (unpaired) electrons. The van der Waals surface area contributed by atoms with E-state index >= 15 is 0 Å². The molecule has 2 unspecified atom stereocenters. The standard InChI is InChI=1S/C14H18ClN3O2/c1-3-11(8-18-7-6-16-9-18)17-14(19)13-5-4-12(20-13)10(2)15/h4-7,9-11H,3,8H2,1-2H3,(H,17,19). The minimum absolute atomic E-state index is 0.0266. The minimum Gasteiger partial charge on any atom is -0.454 e. The highest BCUT2D eigenvalue weighted by Gasteiger charge is 2.17. The first-order valence-electron chi connectivity index (χ1n) is 6.60. The Bertz CT molecular complexity index is 549. The van der Waals surface area contributed by atoms with E-state index in [4.69, 9.17) is 16.0 Å². The first kappa shape index (κ1) is 14.7. The Labute approximate surface area is 122 Å². The van der Waals surface area contributed by atoms with Crippen LogP contribution >= 0.6 is 11.6 Å². The van der Waals surface area contributed by atoms with Gasteiger partial charge in [-0.25, -0.2) is 4.98 Å². The Morgan fingerprint density at radius 1 is 1.55 bits per heavy atom.